The van der Waals surface area contributed by atoms with E-state index in [0.29, 0.717) is 19.2 Å². The zero-order valence-electron chi connectivity index (χ0n) is 13.4. The van der Waals surface area contributed by atoms with Crippen molar-refractivity contribution >= 4 is 11.8 Å². The Kier molecular flexibility index (Phi) is 4.99. The highest BCUT2D eigenvalue weighted by atomic mass is 19.1. The second-order valence-corrected chi connectivity index (χ2v) is 6.28. The lowest BCUT2D eigenvalue weighted by Crippen LogP contribution is -2.59. The third-order valence-electron chi connectivity index (χ3n) is 3.72. The van der Waals surface area contributed by atoms with E-state index in [-0.39, 0.29) is 24.1 Å². The summed E-state index contributed by atoms with van der Waals surface area (Å²) < 4.78 is 31.8. The van der Waals surface area contributed by atoms with Gasteiger partial charge < -0.3 is 15.0 Å². The first-order chi connectivity index (χ1) is 10.7. The number of halogens is 2. The number of nitrogens with zero attached hydrogens (tertiary/aromatic N) is 1. The Morgan fingerprint density at radius 1 is 1.30 bits per heavy atom. The minimum atomic E-state index is -0.843. The van der Waals surface area contributed by atoms with Gasteiger partial charge in [-0.2, -0.15) is 0 Å². The third kappa shape index (κ3) is 4.25. The molecule has 1 fully saturated rings. The molecule has 0 saturated carbocycles. The van der Waals surface area contributed by atoms with Gasteiger partial charge in [0.2, 0.25) is 5.91 Å². The van der Waals surface area contributed by atoms with Crippen LogP contribution in [0.1, 0.15) is 31.1 Å². The fourth-order valence-corrected chi connectivity index (χ4v) is 2.46. The SMILES string of the molecule is C[C@@H]1CN(C(=O)CNC(=O)c2cc(F)cc(F)c2)C(C)(C)CO1. The molecular weight excluding hydrogens is 306 g/mol. The van der Waals surface area contributed by atoms with Gasteiger partial charge in [0.15, 0.2) is 0 Å². The summed E-state index contributed by atoms with van der Waals surface area (Å²) in [6.07, 6.45) is -0.0833. The van der Waals surface area contributed by atoms with Crippen molar-refractivity contribution in [3.05, 3.63) is 35.4 Å². The van der Waals surface area contributed by atoms with E-state index in [4.69, 9.17) is 4.74 Å². The number of morpholine rings is 1. The van der Waals surface area contributed by atoms with Gasteiger partial charge >= 0.3 is 0 Å². The molecule has 0 unspecified atom stereocenters. The van der Waals surface area contributed by atoms with E-state index in [1.807, 2.05) is 20.8 Å². The van der Waals surface area contributed by atoms with Gasteiger partial charge in [0, 0.05) is 18.2 Å². The number of rotatable bonds is 3. The number of benzene rings is 1. The van der Waals surface area contributed by atoms with Crippen LogP contribution in [0.15, 0.2) is 18.2 Å². The molecular formula is C16H20F2N2O3. The Labute approximate surface area is 133 Å². The van der Waals surface area contributed by atoms with Crippen molar-refractivity contribution in [2.24, 2.45) is 0 Å². The highest BCUT2D eigenvalue weighted by molar-refractivity contribution is 5.96. The molecule has 5 nitrogen and oxygen atoms in total. The molecule has 1 aromatic carbocycles. The Balaban J connectivity index is 1.99. The minimum Gasteiger partial charge on any atom is -0.374 e. The van der Waals surface area contributed by atoms with Gasteiger partial charge in [-0.15, -0.1) is 0 Å². The zero-order valence-corrected chi connectivity index (χ0v) is 13.4. The minimum absolute atomic E-state index is 0.0833. The fraction of sp³-hybridized carbons (Fsp3) is 0.500. The van der Waals surface area contributed by atoms with E-state index >= 15 is 0 Å². The van der Waals surface area contributed by atoms with Crippen molar-refractivity contribution in [3.63, 3.8) is 0 Å². The van der Waals surface area contributed by atoms with E-state index < -0.39 is 23.1 Å². The molecule has 1 saturated heterocycles. The van der Waals surface area contributed by atoms with Crippen molar-refractivity contribution in [2.75, 3.05) is 19.7 Å². The Hall–Kier alpha value is -2.02. The van der Waals surface area contributed by atoms with E-state index in [0.717, 1.165) is 12.1 Å². The van der Waals surface area contributed by atoms with Crippen LogP contribution in [0.4, 0.5) is 8.78 Å². The van der Waals surface area contributed by atoms with Crippen LogP contribution in [0.3, 0.4) is 0 Å². The van der Waals surface area contributed by atoms with Crippen molar-refractivity contribution in [3.8, 4) is 0 Å². The smallest absolute Gasteiger partial charge is 0.251 e. The normalized spacial score (nSPS) is 20.2. The first kappa shape index (κ1) is 17.3. The van der Waals surface area contributed by atoms with E-state index in [1.54, 1.807) is 4.90 Å². The van der Waals surface area contributed by atoms with Gasteiger partial charge in [0.25, 0.3) is 5.91 Å². The van der Waals surface area contributed by atoms with E-state index in [1.165, 1.54) is 0 Å². The molecule has 1 aliphatic rings. The fourth-order valence-electron chi connectivity index (χ4n) is 2.46. The first-order valence-electron chi connectivity index (χ1n) is 7.35. The molecule has 0 radical (unpaired) electrons. The van der Waals surface area contributed by atoms with Gasteiger partial charge in [0.1, 0.15) is 11.6 Å². The average molecular weight is 326 g/mol. The van der Waals surface area contributed by atoms with Crippen molar-refractivity contribution < 1.29 is 23.1 Å². The second kappa shape index (κ2) is 6.62. The summed E-state index contributed by atoms with van der Waals surface area (Å²) in [6, 6.07) is 2.52. The lowest BCUT2D eigenvalue weighted by molar-refractivity contribution is -0.151. The molecule has 1 aliphatic heterocycles. The zero-order chi connectivity index (χ0) is 17.2. The monoisotopic (exact) mass is 326 g/mol. The predicted octanol–water partition coefficient (Wildman–Crippen LogP) is 1.72. The molecule has 126 valence electrons. The average Bonchev–Trinajstić information content (AvgIpc) is 2.46. The van der Waals surface area contributed by atoms with Crippen LogP contribution in [0.2, 0.25) is 0 Å². The van der Waals surface area contributed by atoms with Crippen LogP contribution in [0.25, 0.3) is 0 Å². The van der Waals surface area contributed by atoms with E-state index in [9.17, 15) is 18.4 Å². The summed E-state index contributed by atoms with van der Waals surface area (Å²) in [7, 11) is 0. The van der Waals surface area contributed by atoms with Gasteiger partial charge in [-0.1, -0.05) is 0 Å². The molecule has 7 heteroatoms. The van der Waals surface area contributed by atoms with Crippen LogP contribution in [-0.2, 0) is 9.53 Å². The maximum Gasteiger partial charge on any atom is 0.251 e. The highest BCUT2D eigenvalue weighted by Gasteiger charge is 2.36. The predicted molar refractivity (Wildman–Crippen MR) is 79.9 cm³/mol. The van der Waals surface area contributed by atoms with Crippen LogP contribution in [-0.4, -0.2) is 48.1 Å². The molecule has 2 amide bonds. The van der Waals surface area contributed by atoms with Crippen LogP contribution < -0.4 is 5.32 Å². The van der Waals surface area contributed by atoms with Gasteiger partial charge in [0.05, 0.1) is 24.8 Å². The van der Waals surface area contributed by atoms with Gasteiger partial charge in [-0.3, -0.25) is 9.59 Å². The summed E-state index contributed by atoms with van der Waals surface area (Å²) in [5.74, 6) is -2.65. The number of hydrogen-bond acceptors (Lipinski definition) is 3. The summed E-state index contributed by atoms with van der Waals surface area (Å²) >= 11 is 0. The van der Waals surface area contributed by atoms with Crippen molar-refractivity contribution in [1.82, 2.24) is 10.2 Å². The Morgan fingerprint density at radius 2 is 1.91 bits per heavy atom. The van der Waals surface area contributed by atoms with Gasteiger partial charge in [-0.25, -0.2) is 8.78 Å². The van der Waals surface area contributed by atoms with E-state index in [2.05, 4.69) is 5.32 Å². The summed E-state index contributed by atoms with van der Waals surface area (Å²) in [6.45, 7) is 6.21. The molecule has 0 bridgehead atoms. The molecule has 0 aliphatic carbocycles. The number of carbonyl (C=O) groups excluding carboxylic acids is 2. The lowest BCUT2D eigenvalue weighted by atomic mass is 10.0. The number of ether oxygens (including phenoxy) is 1. The van der Waals surface area contributed by atoms with Crippen LogP contribution >= 0.6 is 0 Å². The maximum absolute atomic E-state index is 13.1. The standard InChI is InChI=1S/C16H20F2N2O3/c1-10-8-20(16(2,3)9-23-10)14(21)7-19-15(22)11-4-12(17)6-13(18)5-11/h4-6,10H,7-9H2,1-3H3,(H,19,22)/t10-/m1/s1. The molecule has 1 atom stereocenters. The number of hydrogen-bond donors (Lipinski definition) is 1. The molecule has 2 rings (SSSR count). The molecule has 0 spiro atoms. The number of amides is 2. The largest absolute Gasteiger partial charge is 0.374 e. The lowest BCUT2D eigenvalue weighted by Gasteiger charge is -2.44. The quantitative estimate of drug-likeness (QED) is 0.920. The summed E-state index contributed by atoms with van der Waals surface area (Å²) in [5, 5.41) is 2.40. The third-order valence-corrected chi connectivity index (χ3v) is 3.72. The molecule has 23 heavy (non-hydrogen) atoms. The van der Waals surface area contributed by atoms with Gasteiger partial charge in [-0.05, 0) is 32.9 Å². The molecule has 1 heterocycles. The number of nitrogens with one attached hydrogen (secondary N) is 1. The maximum atomic E-state index is 13.1. The summed E-state index contributed by atoms with van der Waals surface area (Å²) in [5.41, 5.74) is -0.635. The molecule has 1 aromatic rings. The number of carbonyl (C=O) groups is 2. The van der Waals surface area contributed by atoms with Crippen LogP contribution in [0.5, 0.6) is 0 Å². The Morgan fingerprint density at radius 3 is 2.52 bits per heavy atom. The molecule has 0 aromatic heterocycles. The van der Waals surface area contributed by atoms with Crippen LogP contribution in [0, 0.1) is 11.6 Å². The topological polar surface area (TPSA) is 58.6 Å². The Bertz CT molecular complexity index is 599. The van der Waals surface area contributed by atoms with Crippen molar-refractivity contribution in [1.29, 1.82) is 0 Å². The second-order valence-electron chi connectivity index (χ2n) is 6.28. The van der Waals surface area contributed by atoms with Crippen molar-refractivity contribution in [2.45, 2.75) is 32.4 Å². The highest BCUT2D eigenvalue weighted by Crippen LogP contribution is 2.21. The summed E-state index contributed by atoms with van der Waals surface area (Å²) in [4.78, 5) is 25.9. The first-order valence-corrected chi connectivity index (χ1v) is 7.35. The molecule has 1 N–H and O–H groups in total.